The van der Waals surface area contributed by atoms with Gasteiger partial charge in [0.1, 0.15) is 0 Å². The minimum Gasteiger partial charge on any atom is -0.481 e. The third kappa shape index (κ3) is 1.85. The van der Waals surface area contributed by atoms with Gasteiger partial charge < -0.3 is 10.2 Å². The van der Waals surface area contributed by atoms with Crippen LogP contribution in [0.15, 0.2) is 12.7 Å². The van der Waals surface area contributed by atoms with Gasteiger partial charge in [0.05, 0.1) is 11.5 Å². The van der Waals surface area contributed by atoms with Crippen molar-refractivity contribution in [2.24, 2.45) is 11.3 Å². The molecule has 12 heavy (non-hydrogen) atoms. The molecule has 70 valence electrons. The van der Waals surface area contributed by atoms with Crippen molar-refractivity contribution in [1.82, 2.24) is 0 Å². The Bertz CT molecular complexity index is 186. The molecule has 0 saturated heterocycles. The van der Waals surface area contributed by atoms with Gasteiger partial charge in [-0.2, -0.15) is 0 Å². The molecule has 3 atom stereocenters. The topological polar surface area (TPSA) is 57.5 Å². The minimum atomic E-state index is -1.05. The molecular formula is C9H16O3. The number of aliphatic carboxylic acids is 1. The second-order valence-electron chi connectivity index (χ2n) is 3.32. The lowest BCUT2D eigenvalue weighted by molar-refractivity contribution is -0.149. The van der Waals surface area contributed by atoms with Gasteiger partial charge in [0.2, 0.25) is 0 Å². The molecule has 0 saturated carbocycles. The highest BCUT2D eigenvalue weighted by atomic mass is 16.4. The minimum absolute atomic E-state index is 0.340. The Morgan fingerprint density at radius 3 is 2.08 bits per heavy atom. The summed E-state index contributed by atoms with van der Waals surface area (Å²) in [4.78, 5) is 10.8. The van der Waals surface area contributed by atoms with E-state index in [1.54, 1.807) is 20.8 Å². The molecular weight excluding hydrogens is 156 g/mol. The van der Waals surface area contributed by atoms with Crippen LogP contribution in [-0.2, 0) is 4.79 Å². The van der Waals surface area contributed by atoms with Gasteiger partial charge >= 0.3 is 5.97 Å². The molecule has 0 amide bonds. The van der Waals surface area contributed by atoms with E-state index in [2.05, 4.69) is 6.58 Å². The van der Waals surface area contributed by atoms with Crippen LogP contribution in [0.5, 0.6) is 0 Å². The highest BCUT2D eigenvalue weighted by Crippen LogP contribution is 2.31. The van der Waals surface area contributed by atoms with E-state index in [1.807, 2.05) is 0 Å². The van der Waals surface area contributed by atoms with Crippen LogP contribution in [0.25, 0.3) is 0 Å². The summed E-state index contributed by atoms with van der Waals surface area (Å²) in [6.45, 7) is 8.29. The molecule has 0 heterocycles. The average Bonchev–Trinajstić information content (AvgIpc) is 2.01. The fourth-order valence-corrected chi connectivity index (χ4v) is 0.969. The molecule has 0 aromatic carbocycles. The molecule has 0 radical (unpaired) electrons. The quantitative estimate of drug-likeness (QED) is 0.628. The standard InChI is InChI=1S/C9H16O3/c1-5-9(4,8(11)12)6(2)7(3)10/h5-7,10H,1H2,2-4H3,(H,11,12). The van der Waals surface area contributed by atoms with Crippen molar-refractivity contribution in [3.8, 4) is 0 Å². The fraction of sp³-hybridized carbons (Fsp3) is 0.667. The van der Waals surface area contributed by atoms with Crippen LogP contribution in [0, 0.1) is 11.3 Å². The van der Waals surface area contributed by atoms with Gasteiger partial charge in [0.25, 0.3) is 0 Å². The summed E-state index contributed by atoms with van der Waals surface area (Å²) in [5.74, 6) is -1.29. The van der Waals surface area contributed by atoms with E-state index < -0.39 is 17.5 Å². The number of carboxylic acids is 1. The summed E-state index contributed by atoms with van der Waals surface area (Å²) in [6, 6.07) is 0. The third-order valence-electron chi connectivity index (χ3n) is 2.55. The van der Waals surface area contributed by atoms with Crippen LogP contribution in [0.2, 0.25) is 0 Å². The molecule has 0 aliphatic heterocycles. The maximum atomic E-state index is 10.8. The molecule has 3 unspecified atom stereocenters. The normalized spacial score (nSPS) is 20.7. The summed E-state index contributed by atoms with van der Waals surface area (Å²) in [6.07, 6.45) is 0.719. The first-order valence-electron chi connectivity index (χ1n) is 3.91. The number of hydrogen-bond acceptors (Lipinski definition) is 2. The van der Waals surface area contributed by atoms with Gasteiger partial charge in [-0.25, -0.2) is 0 Å². The van der Waals surface area contributed by atoms with Gasteiger partial charge in [0, 0.05) is 5.92 Å². The molecule has 0 aromatic heterocycles. The third-order valence-corrected chi connectivity index (χ3v) is 2.55. The molecule has 0 rings (SSSR count). The number of carboxylic acid groups (broad SMARTS) is 1. The second kappa shape index (κ2) is 3.72. The molecule has 2 N–H and O–H groups in total. The average molecular weight is 172 g/mol. The van der Waals surface area contributed by atoms with Gasteiger partial charge in [-0.15, -0.1) is 6.58 Å². The summed E-state index contributed by atoms with van der Waals surface area (Å²) >= 11 is 0. The molecule has 0 bridgehead atoms. The fourth-order valence-electron chi connectivity index (χ4n) is 0.969. The molecule has 3 heteroatoms. The monoisotopic (exact) mass is 172 g/mol. The maximum Gasteiger partial charge on any atom is 0.313 e. The predicted molar refractivity (Wildman–Crippen MR) is 46.8 cm³/mol. The van der Waals surface area contributed by atoms with Crippen molar-refractivity contribution in [2.75, 3.05) is 0 Å². The Balaban J connectivity index is 4.75. The van der Waals surface area contributed by atoms with Crippen LogP contribution >= 0.6 is 0 Å². The second-order valence-corrected chi connectivity index (χ2v) is 3.32. The molecule has 0 aliphatic carbocycles. The first kappa shape index (κ1) is 11.2. The van der Waals surface area contributed by atoms with E-state index in [-0.39, 0.29) is 5.92 Å². The van der Waals surface area contributed by atoms with Gasteiger partial charge in [-0.3, -0.25) is 4.79 Å². The predicted octanol–water partition coefficient (Wildman–Crippen LogP) is 1.28. The first-order valence-corrected chi connectivity index (χ1v) is 3.91. The Morgan fingerprint density at radius 2 is 2.00 bits per heavy atom. The summed E-state index contributed by atoms with van der Waals surface area (Å²) in [5, 5.41) is 18.1. The van der Waals surface area contributed by atoms with Crippen molar-refractivity contribution in [3.63, 3.8) is 0 Å². The Labute approximate surface area is 72.7 Å². The first-order chi connectivity index (χ1) is 5.36. The Kier molecular flexibility index (Phi) is 3.46. The zero-order chi connectivity index (χ0) is 9.94. The lowest BCUT2D eigenvalue weighted by Gasteiger charge is -2.29. The van der Waals surface area contributed by atoms with Crippen molar-refractivity contribution >= 4 is 5.97 Å². The number of carbonyl (C=O) groups is 1. The van der Waals surface area contributed by atoms with Crippen LogP contribution in [0.3, 0.4) is 0 Å². The van der Waals surface area contributed by atoms with E-state index in [0.29, 0.717) is 0 Å². The van der Waals surface area contributed by atoms with Crippen molar-refractivity contribution < 1.29 is 15.0 Å². The van der Waals surface area contributed by atoms with Crippen LogP contribution in [-0.4, -0.2) is 22.3 Å². The maximum absolute atomic E-state index is 10.8. The SMILES string of the molecule is C=CC(C)(C(=O)O)C(C)C(C)O. The van der Waals surface area contributed by atoms with E-state index >= 15 is 0 Å². The van der Waals surface area contributed by atoms with E-state index in [1.165, 1.54) is 6.08 Å². The molecule has 0 spiro atoms. The van der Waals surface area contributed by atoms with Gasteiger partial charge in [-0.1, -0.05) is 13.0 Å². The summed E-state index contributed by atoms with van der Waals surface area (Å²) < 4.78 is 0. The van der Waals surface area contributed by atoms with Crippen molar-refractivity contribution in [1.29, 1.82) is 0 Å². The number of hydrogen-bond donors (Lipinski definition) is 2. The van der Waals surface area contributed by atoms with Crippen LogP contribution < -0.4 is 0 Å². The highest BCUT2D eigenvalue weighted by Gasteiger charge is 2.38. The number of aliphatic hydroxyl groups excluding tert-OH is 1. The van der Waals surface area contributed by atoms with Crippen molar-refractivity contribution in [3.05, 3.63) is 12.7 Å². The molecule has 0 aromatic rings. The molecule has 0 fully saturated rings. The van der Waals surface area contributed by atoms with Gasteiger partial charge in [-0.05, 0) is 13.8 Å². The zero-order valence-electron chi connectivity index (χ0n) is 7.74. The van der Waals surface area contributed by atoms with Crippen LogP contribution in [0.4, 0.5) is 0 Å². The Morgan fingerprint density at radius 1 is 1.58 bits per heavy atom. The number of rotatable bonds is 4. The molecule has 0 aliphatic rings. The Hall–Kier alpha value is -0.830. The number of aliphatic hydroxyl groups is 1. The largest absolute Gasteiger partial charge is 0.481 e. The van der Waals surface area contributed by atoms with E-state index in [0.717, 1.165) is 0 Å². The summed E-state index contributed by atoms with van der Waals surface area (Å²) in [7, 11) is 0. The van der Waals surface area contributed by atoms with Crippen molar-refractivity contribution in [2.45, 2.75) is 26.9 Å². The van der Waals surface area contributed by atoms with E-state index in [9.17, 15) is 9.90 Å². The van der Waals surface area contributed by atoms with Gasteiger partial charge in [0.15, 0.2) is 0 Å². The lowest BCUT2D eigenvalue weighted by Crippen LogP contribution is -2.37. The lowest BCUT2D eigenvalue weighted by atomic mass is 9.76. The van der Waals surface area contributed by atoms with E-state index in [4.69, 9.17) is 5.11 Å². The smallest absolute Gasteiger partial charge is 0.313 e. The van der Waals surface area contributed by atoms with Crippen LogP contribution in [0.1, 0.15) is 20.8 Å². The highest BCUT2D eigenvalue weighted by molar-refractivity contribution is 5.76. The molecule has 3 nitrogen and oxygen atoms in total. The summed E-state index contributed by atoms with van der Waals surface area (Å²) in [5.41, 5.74) is -1.05. The zero-order valence-corrected chi connectivity index (χ0v) is 7.74.